The Kier molecular flexibility index (Phi) is 6.01. The fourth-order valence-electron chi connectivity index (χ4n) is 3.31. The number of aromatic nitrogens is 1. The van der Waals surface area contributed by atoms with E-state index in [0.29, 0.717) is 0 Å². The highest BCUT2D eigenvalue weighted by Gasteiger charge is 2.65. The standard InChI is InChI=1S/C17H19F2N5O8S/c1-15(2)10(12(28)24(15)31-3-8(25)26)22-11(27)9(7-4-33-14(20)21-7)23-32-16(13(29)30)5-17(18,19)6-16/h4,10H,3,5-6H2,1-2H3,(H2,20,21)(H,22,27)(H,25,26)(H,29,30)/b23-9-/t10-/m1/s1. The predicted octanol–water partition coefficient (Wildman–Crippen LogP) is -0.180. The van der Waals surface area contributed by atoms with Gasteiger partial charge in [-0.15, -0.1) is 11.3 Å². The Morgan fingerprint density at radius 2 is 2.00 bits per heavy atom. The van der Waals surface area contributed by atoms with Gasteiger partial charge < -0.3 is 26.1 Å². The molecule has 13 nitrogen and oxygen atoms in total. The molecule has 0 spiro atoms. The van der Waals surface area contributed by atoms with Crippen molar-refractivity contribution in [3.8, 4) is 0 Å². The van der Waals surface area contributed by atoms with Gasteiger partial charge in [-0.1, -0.05) is 5.16 Å². The van der Waals surface area contributed by atoms with Crippen LogP contribution in [0.4, 0.5) is 13.9 Å². The van der Waals surface area contributed by atoms with Gasteiger partial charge in [0.1, 0.15) is 11.7 Å². The van der Waals surface area contributed by atoms with Crippen LogP contribution in [0.2, 0.25) is 0 Å². The number of β-lactam (4-membered cyclic amide) rings is 1. The van der Waals surface area contributed by atoms with Crippen LogP contribution in [0, 0.1) is 0 Å². The molecule has 2 aliphatic rings. The number of carbonyl (C=O) groups excluding carboxylic acids is 2. The molecule has 0 bridgehead atoms. The molecule has 180 valence electrons. The van der Waals surface area contributed by atoms with Crippen molar-refractivity contribution in [1.29, 1.82) is 0 Å². The largest absolute Gasteiger partial charge is 0.479 e. The molecule has 2 heterocycles. The number of rotatable bonds is 9. The minimum Gasteiger partial charge on any atom is -0.479 e. The molecule has 1 aliphatic heterocycles. The fourth-order valence-corrected chi connectivity index (χ4v) is 3.86. The van der Waals surface area contributed by atoms with E-state index in [2.05, 4.69) is 15.5 Å². The Morgan fingerprint density at radius 3 is 2.45 bits per heavy atom. The Bertz CT molecular complexity index is 1030. The van der Waals surface area contributed by atoms with Crippen LogP contribution < -0.4 is 11.1 Å². The van der Waals surface area contributed by atoms with E-state index in [1.54, 1.807) is 0 Å². The van der Waals surface area contributed by atoms with Crippen LogP contribution in [0.5, 0.6) is 0 Å². The zero-order chi connectivity index (χ0) is 24.8. The molecule has 1 atom stereocenters. The molecule has 1 saturated heterocycles. The Balaban J connectivity index is 1.80. The first-order chi connectivity index (χ1) is 15.2. The summed E-state index contributed by atoms with van der Waals surface area (Å²) in [6, 6.07) is -1.18. The van der Waals surface area contributed by atoms with Crippen molar-refractivity contribution in [1.82, 2.24) is 15.4 Å². The van der Waals surface area contributed by atoms with E-state index in [0.717, 1.165) is 16.4 Å². The summed E-state index contributed by atoms with van der Waals surface area (Å²) in [4.78, 5) is 61.0. The lowest BCUT2D eigenvalue weighted by Gasteiger charge is -2.51. The first-order valence-electron chi connectivity index (χ1n) is 9.27. The zero-order valence-corrected chi connectivity index (χ0v) is 18.0. The smallest absolute Gasteiger partial charge is 0.351 e. The highest BCUT2D eigenvalue weighted by Crippen LogP contribution is 2.48. The van der Waals surface area contributed by atoms with Crippen molar-refractivity contribution in [2.45, 2.75) is 49.8 Å². The normalized spacial score (nSPS) is 22.7. The topological polar surface area (TPSA) is 194 Å². The Labute approximate surface area is 188 Å². The summed E-state index contributed by atoms with van der Waals surface area (Å²) in [6.45, 7) is 2.20. The third kappa shape index (κ3) is 4.56. The van der Waals surface area contributed by atoms with Gasteiger partial charge in [-0.25, -0.2) is 28.4 Å². The number of nitrogens with two attached hydrogens (primary N) is 1. The molecule has 2 amide bonds. The second kappa shape index (κ2) is 8.18. The van der Waals surface area contributed by atoms with Crippen molar-refractivity contribution in [3.63, 3.8) is 0 Å². The maximum atomic E-state index is 13.3. The average Bonchev–Trinajstić information content (AvgIpc) is 3.09. The second-order valence-electron chi connectivity index (χ2n) is 7.97. The van der Waals surface area contributed by atoms with Gasteiger partial charge in [0.2, 0.25) is 5.60 Å². The number of nitrogens with zero attached hydrogens (tertiary/aromatic N) is 3. The summed E-state index contributed by atoms with van der Waals surface area (Å²) >= 11 is 0.921. The van der Waals surface area contributed by atoms with Crippen LogP contribution in [0.25, 0.3) is 0 Å². The van der Waals surface area contributed by atoms with E-state index in [4.69, 9.17) is 20.5 Å². The van der Waals surface area contributed by atoms with Gasteiger partial charge in [-0.05, 0) is 13.8 Å². The molecule has 1 aliphatic carbocycles. The first kappa shape index (κ1) is 24.2. The lowest BCUT2D eigenvalue weighted by Crippen LogP contribution is -2.76. The van der Waals surface area contributed by atoms with E-state index < -0.39 is 72.0 Å². The minimum absolute atomic E-state index is 0.0296. The van der Waals surface area contributed by atoms with Gasteiger partial charge in [0.25, 0.3) is 17.7 Å². The molecule has 3 rings (SSSR count). The Morgan fingerprint density at radius 1 is 1.36 bits per heavy atom. The molecule has 0 unspecified atom stereocenters. The van der Waals surface area contributed by atoms with Gasteiger partial charge in [0, 0.05) is 5.38 Å². The van der Waals surface area contributed by atoms with Crippen LogP contribution in [0.15, 0.2) is 10.5 Å². The van der Waals surface area contributed by atoms with E-state index in [1.807, 2.05) is 0 Å². The number of hydrogen-bond donors (Lipinski definition) is 4. The number of amides is 2. The number of anilines is 1. The molecule has 0 radical (unpaired) electrons. The van der Waals surface area contributed by atoms with Crippen LogP contribution in [0.3, 0.4) is 0 Å². The summed E-state index contributed by atoms with van der Waals surface area (Å²) in [7, 11) is 0. The van der Waals surface area contributed by atoms with Crippen LogP contribution in [-0.4, -0.2) is 79.4 Å². The number of thiazole rings is 1. The number of carboxylic acid groups (broad SMARTS) is 2. The van der Waals surface area contributed by atoms with Crippen molar-refractivity contribution in [2.75, 3.05) is 12.3 Å². The molecular weight excluding hydrogens is 472 g/mol. The van der Waals surface area contributed by atoms with E-state index >= 15 is 0 Å². The third-order valence-corrected chi connectivity index (χ3v) is 5.71. The number of nitrogen functional groups attached to an aromatic ring is 1. The quantitative estimate of drug-likeness (QED) is 0.204. The van der Waals surface area contributed by atoms with E-state index in [9.17, 15) is 33.1 Å². The van der Waals surface area contributed by atoms with Crippen molar-refractivity contribution < 1.29 is 47.8 Å². The Hall–Kier alpha value is -3.40. The maximum absolute atomic E-state index is 13.3. The number of oxime groups is 1. The number of carboxylic acids is 2. The summed E-state index contributed by atoms with van der Waals surface area (Å²) < 4.78 is 26.6. The van der Waals surface area contributed by atoms with Crippen LogP contribution in [-0.2, 0) is 28.9 Å². The molecule has 33 heavy (non-hydrogen) atoms. The molecule has 2 fully saturated rings. The predicted molar refractivity (Wildman–Crippen MR) is 105 cm³/mol. The summed E-state index contributed by atoms with van der Waals surface area (Å²) in [6.07, 6.45) is -2.28. The molecule has 16 heteroatoms. The first-order valence-corrected chi connectivity index (χ1v) is 10.1. The number of hydroxylamine groups is 2. The van der Waals surface area contributed by atoms with Gasteiger partial charge >= 0.3 is 11.9 Å². The molecular formula is C17H19F2N5O8S. The van der Waals surface area contributed by atoms with E-state index in [-0.39, 0.29) is 10.8 Å². The van der Waals surface area contributed by atoms with E-state index in [1.165, 1.54) is 19.2 Å². The highest BCUT2D eigenvalue weighted by molar-refractivity contribution is 7.13. The van der Waals surface area contributed by atoms with Crippen molar-refractivity contribution in [2.24, 2.45) is 5.16 Å². The van der Waals surface area contributed by atoms with Gasteiger partial charge in [-0.2, -0.15) is 0 Å². The fraction of sp³-hybridized carbons (Fsp3) is 0.529. The summed E-state index contributed by atoms with van der Waals surface area (Å²) in [5, 5.41) is 26.0. The third-order valence-electron chi connectivity index (χ3n) is 5.04. The number of nitrogens with one attached hydrogen (secondary N) is 1. The highest BCUT2D eigenvalue weighted by atomic mass is 32.1. The zero-order valence-electron chi connectivity index (χ0n) is 17.2. The number of alkyl halides is 2. The monoisotopic (exact) mass is 491 g/mol. The number of aliphatic carboxylic acids is 2. The molecule has 1 aromatic rings. The van der Waals surface area contributed by atoms with Crippen LogP contribution >= 0.6 is 11.3 Å². The molecule has 1 aromatic heterocycles. The van der Waals surface area contributed by atoms with Gasteiger partial charge in [-0.3, -0.25) is 14.4 Å². The van der Waals surface area contributed by atoms with Gasteiger partial charge in [0.15, 0.2) is 17.5 Å². The molecule has 5 N–H and O–H groups in total. The number of hydrogen-bond acceptors (Lipinski definition) is 10. The average molecular weight is 491 g/mol. The van der Waals surface area contributed by atoms with Crippen molar-refractivity contribution in [3.05, 3.63) is 11.1 Å². The number of halogens is 2. The van der Waals surface area contributed by atoms with Crippen molar-refractivity contribution >= 4 is 45.9 Å². The summed E-state index contributed by atoms with van der Waals surface area (Å²) in [5.41, 5.74) is 1.35. The number of carbonyl (C=O) groups is 4. The minimum atomic E-state index is -3.26. The SMILES string of the molecule is CC1(C)[C@H](NC(=O)/C(=N\OC2(C(=O)O)CC(F)(F)C2)c2csc(N)n2)C(=O)N1OCC(=O)O. The lowest BCUT2D eigenvalue weighted by atomic mass is 9.76. The second-order valence-corrected chi connectivity index (χ2v) is 8.86. The molecule has 0 aromatic carbocycles. The van der Waals surface area contributed by atoms with Gasteiger partial charge in [0.05, 0.1) is 18.4 Å². The summed E-state index contributed by atoms with van der Waals surface area (Å²) in [5.74, 6) is -8.04. The van der Waals surface area contributed by atoms with Crippen LogP contribution in [0.1, 0.15) is 32.4 Å². The maximum Gasteiger partial charge on any atom is 0.351 e. The molecule has 1 saturated carbocycles. The lowest BCUT2D eigenvalue weighted by molar-refractivity contribution is -0.257.